The van der Waals surface area contributed by atoms with E-state index in [2.05, 4.69) is 4.72 Å². The summed E-state index contributed by atoms with van der Waals surface area (Å²) < 4.78 is 24.3. The third kappa shape index (κ3) is 5.90. The molecule has 0 saturated carbocycles. The van der Waals surface area contributed by atoms with Gasteiger partial charge in [-0.1, -0.05) is 6.92 Å². The van der Waals surface area contributed by atoms with Gasteiger partial charge in [-0.25, -0.2) is 17.9 Å². The summed E-state index contributed by atoms with van der Waals surface area (Å²) in [5.41, 5.74) is 0. The lowest BCUT2D eigenvalue weighted by Crippen LogP contribution is -2.31. The molecule has 14 heavy (non-hydrogen) atoms. The highest BCUT2D eigenvalue weighted by atomic mass is 32.2. The van der Waals surface area contributed by atoms with Gasteiger partial charge in [-0.2, -0.15) is 0 Å². The van der Waals surface area contributed by atoms with Gasteiger partial charge in [0.2, 0.25) is 10.0 Å². The normalized spacial score (nSPS) is 13.9. The Morgan fingerprint density at radius 2 is 2.07 bits per heavy atom. The fourth-order valence-corrected chi connectivity index (χ4v) is 1.93. The minimum Gasteiger partial charge on any atom is -0.479 e. The van der Waals surface area contributed by atoms with Crippen LogP contribution in [0.5, 0.6) is 0 Å². The molecule has 0 aliphatic rings. The summed E-state index contributed by atoms with van der Waals surface area (Å²) in [5.74, 6) is -1.34. The minimum absolute atomic E-state index is 0.0101. The fourth-order valence-electron chi connectivity index (χ4n) is 0.816. The van der Waals surface area contributed by atoms with E-state index in [9.17, 15) is 13.2 Å². The van der Waals surface area contributed by atoms with E-state index >= 15 is 0 Å². The van der Waals surface area contributed by atoms with E-state index in [1.165, 1.54) is 0 Å². The average Bonchev–Trinajstić information content (AvgIpc) is 2.03. The Morgan fingerprint density at radius 1 is 1.50 bits per heavy atom. The minimum atomic E-state index is -3.31. The molecule has 0 heterocycles. The third-order valence-electron chi connectivity index (χ3n) is 1.50. The number of carbonyl (C=O) groups is 1. The summed E-state index contributed by atoms with van der Waals surface area (Å²) in [7, 11) is -3.31. The molecule has 6 nitrogen and oxygen atoms in total. The molecule has 0 saturated heterocycles. The molecule has 0 aromatic heterocycles. The number of aliphatic carboxylic acids is 1. The lowest BCUT2D eigenvalue weighted by atomic mass is 10.3. The van der Waals surface area contributed by atoms with Gasteiger partial charge in [-0.15, -0.1) is 0 Å². The van der Waals surface area contributed by atoms with Crippen molar-refractivity contribution >= 4 is 16.0 Å². The molecule has 7 heteroatoms. The van der Waals surface area contributed by atoms with Crippen LogP contribution in [0.4, 0.5) is 0 Å². The second-order valence-corrected chi connectivity index (χ2v) is 4.78. The molecule has 0 aromatic rings. The summed E-state index contributed by atoms with van der Waals surface area (Å²) in [6.45, 7) is 1.67. The molecule has 0 aliphatic heterocycles. The largest absolute Gasteiger partial charge is 0.479 e. The molecule has 1 atom stereocenters. The van der Waals surface area contributed by atoms with Gasteiger partial charge in [0, 0.05) is 6.54 Å². The Morgan fingerprint density at radius 3 is 2.50 bits per heavy atom. The summed E-state index contributed by atoms with van der Waals surface area (Å²) in [6.07, 6.45) is -1.14. The van der Waals surface area contributed by atoms with E-state index in [0.29, 0.717) is 6.42 Å². The Hall–Kier alpha value is -0.660. The molecule has 0 rings (SSSR count). The van der Waals surface area contributed by atoms with Crippen LogP contribution < -0.4 is 4.72 Å². The number of nitrogens with one attached hydrogen (secondary N) is 1. The standard InChI is InChI=1S/C7H15NO5S/c1-2-5-14(12,13)8-4-3-6(9)7(10)11/h6,8-9H,2-5H2,1H3,(H,10,11). The molecule has 1 unspecified atom stereocenters. The monoisotopic (exact) mass is 225 g/mol. The Kier molecular flexibility index (Phi) is 5.66. The van der Waals surface area contributed by atoms with Gasteiger partial charge in [0.25, 0.3) is 0 Å². The van der Waals surface area contributed by atoms with Gasteiger partial charge < -0.3 is 10.2 Å². The average molecular weight is 225 g/mol. The van der Waals surface area contributed by atoms with Crippen LogP contribution in [0.3, 0.4) is 0 Å². The lowest BCUT2D eigenvalue weighted by Gasteiger charge is -2.07. The fraction of sp³-hybridized carbons (Fsp3) is 0.857. The van der Waals surface area contributed by atoms with Crippen molar-refractivity contribution in [2.75, 3.05) is 12.3 Å². The molecular formula is C7H15NO5S. The molecule has 0 aromatic carbocycles. The summed E-state index contributed by atoms with van der Waals surface area (Å²) in [4.78, 5) is 10.2. The van der Waals surface area contributed by atoms with Crippen LogP contribution in [0.25, 0.3) is 0 Å². The second-order valence-electron chi connectivity index (χ2n) is 2.86. The van der Waals surface area contributed by atoms with Crippen molar-refractivity contribution in [2.45, 2.75) is 25.9 Å². The van der Waals surface area contributed by atoms with Crippen LogP contribution in [0.2, 0.25) is 0 Å². The zero-order valence-corrected chi connectivity index (χ0v) is 8.75. The molecule has 0 bridgehead atoms. The van der Waals surface area contributed by atoms with E-state index in [4.69, 9.17) is 10.2 Å². The molecular weight excluding hydrogens is 210 g/mol. The first kappa shape index (κ1) is 13.3. The Balaban J connectivity index is 3.79. The SMILES string of the molecule is CCCS(=O)(=O)NCCC(O)C(=O)O. The maximum absolute atomic E-state index is 11.0. The zero-order valence-electron chi connectivity index (χ0n) is 7.93. The molecule has 0 aliphatic carbocycles. The smallest absolute Gasteiger partial charge is 0.332 e. The van der Waals surface area contributed by atoms with E-state index in [-0.39, 0.29) is 18.7 Å². The van der Waals surface area contributed by atoms with Crippen LogP contribution >= 0.6 is 0 Å². The van der Waals surface area contributed by atoms with Crippen molar-refractivity contribution in [2.24, 2.45) is 0 Å². The van der Waals surface area contributed by atoms with Gasteiger partial charge in [0.15, 0.2) is 6.10 Å². The first-order valence-electron chi connectivity index (χ1n) is 4.27. The van der Waals surface area contributed by atoms with Gasteiger partial charge in [0.1, 0.15) is 0 Å². The molecule has 0 amide bonds. The number of aliphatic hydroxyl groups is 1. The highest BCUT2D eigenvalue weighted by Crippen LogP contribution is 1.93. The summed E-state index contributed by atoms with van der Waals surface area (Å²) in [6, 6.07) is 0. The summed E-state index contributed by atoms with van der Waals surface area (Å²) >= 11 is 0. The first-order valence-corrected chi connectivity index (χ1v) is 5.92. The highest BCUT2D eigenvalue weighted by molar-refractivity contribution is 7.89. The van der Waals surface area contributed by atoms with Crippen molar-refractivity contribution in [3.63, 3.8) is 0 Å². The van der Waals surface area contributed by atoms with Crippen molar-refractivity contribution < 1.29 is 23.4 Å². The Labute approximate surface area is 83.0 Å². The van der Waals surface area contributed by atoms with Crippen LogP contribution in [0.1, 0.15) is 19.8 Å². The van der Waals surface area contributed by atoms with Crippen molar-refractivity contribution in [1.29, 1.82) is 0 Å². The highest BCUT2D eigenvalue weighted by Gasteiger charge is 2.14. The number of sulfonamides is 1. The molecule has 3 N–H and O–H groups in total. The molecule has 0 fully saturated rings. The van der Waals surface area contributed by atoms with Crippen molar-refractivity contribution in [3.8, 4) is 0 Å². The van der Waals surface area contributed by atoms with Crippen LogP contribution in [0, 0.1) is 0 Å². The molecule has 0 spiro atoms. The quantitative estimate of drug-likeness (QED) is 0.523. The first-order chi connectivity index (χ1) is 6.39. The van der Waals surface area contributed by atoms with E-state index in [0.717, 1.165) is 0 Å². The number of hydrogen-bond acceptors (Lipinski definition) is 4. The maximum Gasteiger partial charge on any atom is 0.332 e. The van der Waals surface area contributed by atoms with Crippen LogP contribution in [0.15, 0.2) is 0 Å². The van der Waals surface area contributed by atoms with E-state index in [1.54, 1.807) is 6.92 Å². The second kappa shape index (κ2) is 5.94. The predicted octanol–water partition coefficient (Wildman–Crippen LogP) is -0.849. The van der Waals surface area contributed by atoms with E-state index in [1.807, 2.05) is 0 Å². The maximum atomic E-state index is 11.0. The van der Waals surface area contributed by atoms with Crippen molar-refractivity contribution in [3.05, 3.63) is 0 Å². The van der Waals surface area contributed by atoms with E-state index < -0.39 is 22.1 Å². The van der Waals surface area contributed by atoms with Crippen LogP contribution in [-0.2, 0) is 14.8 Å². The third-order valence-corrected chi connectivity index (χ3v) is 3.09. The number of carboxylic acid groups (broad SMARTS) is 1. The van der Waals surface area contributed by atoms with Gasteiger partial charge >= 0.3 is 5.97 Å². The summed E-state index contributed by atoms with van der Waals surface area (Å²) in [5, 5.41) is 17.1. The number of aliphatic hydroxyl groups excluding tert-OH is 1. The van der Waals surface area contributed by atoms with Gasteiger partial charge in [-0.05, 0) is 12.8 Å². The van der Waals surface area contributed by atoms with Crippen LogP contribution in [-0.4, -0.2) is 43.0 Å². The number of carboxylic acids is 1. The zero-order chi connectivity index (χ0) is 11.2. The predicted molar refractivity (Wildman–Crippen MR) is 50.3 cm³/mol. The van der Waals surface area contributed by atoms with Gasteiger partial charge in [0.05, 0.1) is 5.75 Å². The number of rotatable bonds is 7. The Bertz CT molecular complexity index is 274. The van der Waals surface area contributed by atoms with Gasteiger partial charge in [-0.3, -0.25) is 0 Å². The molecule has 84 valence electrons. The number of hydrogen-bond donors (Lipinski definition) is 3. The topological polar surface area (TPSA) is 104 Å². The molecule has 0 radical (unpaired) electrons. The van der Waals surface area contributed by atoms with Crippen molar-refractivity contribution in [1.82, 2.24) is 4.72 Å². The lowest BCUT2D eigenvalue weighted by molar-refractivity contribution is -0.146.